The number of ether oxygens (including phenoxy) is 2. The lowest BCUT2D eigenvalue weighted by Gasteiger charge is -2.09. The Hall–Kier alpha value is -2.94. The van der Waals surface area contributed by atoms with Crippen LogP contribution in [0.3, 0.4) is 0 Å². The number of hydrogen-bond acceptors (Lipinski definition) is 7. The molecule has 0 saturated heterocycles. The third kappa shape index (κ3) is 5.29. The van der Waals surface area contributed by atoms with Crippen molar-refractivity contribution in [1.29, 1.82) is 0 Å². The summed E-state index contributed by atoms with van der Waals surface area (Å²) < 4.78 is 18.1. The van der Waals surface area contributed by atoms with E-state index in [4.69, 9.17) is 13.9 Å². The maximum Gasteiger partial charge on any atom is 0.230 e. The Morgan fingerprint density at radius 1 is 1.25 bits per heavy atom. The van der Waals surface area contributed by atoms with E-state index in [1.807, 2.05) is 41.8 Å². The van der Waals surface area contributed by atoms with Crippen LogP contribution in [0.5, 0.6) is 11.5 Å². The van der Waals surface area contributed by atoms with E-state index in [0.29, 0.717) is 35.6 Å². The molecule has 8 nitrogen and oxygen atoms in total. The molecule has 2 heterocycles. The minimum atomic E-state index is -0.0961. The van der Waals surface area contributed by atoms with Gasteiger partial charge in [0.15, 0.2) is 11.0 Å². The first-order valence-corrected chi connectivity index (χ1v) is 9.79. The molecule has 0 radical (unpaired) electrons. The molecule has 1 amide bonds. The number of carbonyl (C=O) groups excluding carboxylic acids is 1. The van der Waals surface area contributed by atoms with E-state index in [0.717, 1.165) is 5.75 Å². The predicted molar refractivity (Wildman–Crippen MR) is 104 cm³/mol. The Bertz CT molecular complexity index is 895. The molecule has 0 unspecified atom stereocenters. The SMILES string of the molecule is CCn1c(COc2cccc(OC)c2)nnc1SCC(=O)NCc1ccco1. The molecule has 0 aliphatic carbocycles. The zero-order valence-electron chi connectivity index (χ0n) is 15.8. The summed E-state index contributed by atoms with van der Waals surface area (Å²) in [4.78, 5) is 12.0. The van der Waals surface area contributed by atoms with E-state index in [-0.39, 0.29) is 18.3 Å². The van der Waals surface area contributed by atoms with Crippen molar-refractivity contribution in [3.8, 4) is 11.5 Å². The van der Waals surface area contributed by atoms with Crippen molar-refractivity contribution in [3.05, 3.63) is 54.2 Å². The summed E-state index contributed by atoms with van der Waals surface area (Å²) in [7, 11) is 1.61. The summed E-state index contributed by atoms with van der Waals surface area (Å²) in [5.74, 6) is 2.98. The predicted octanol–water partition coefficient (Wildman–Crippen LogP) is 2.89. The van der Waals surface area contributed by atoms with Crippen LogP contribution in [-0.4, -0.2) is 33.5 Å². The number of nitrogens with zero attached hydrogens (tertiary/aromatic N) is 3. The molecule has 0 bridgehead atoms. The summed E-state index contributed by atoms with van der Waals surface area (Å²) in [6.45, 7) is 3.32. The number of benzene rings is 1. The van der Waals surface area contributed by atoms with Crippen molar-refractivity contribution in [2.45, 2.75) is 31.8 Å². The molecule has 148 valence electrons. The molecule has 0 aliphatic heterocycles. The molecule has 0 aliphatic rings. The van der Waals surface area contributed by atoms with Gasteiger partial charge in [-0.15, -0.1) is 10.2 Å². The molecule has 3 rings (SSSR count). The monoisotopic (exact) mass is 402 g/mol. The minimum Gasteiger partial charge on any atom is -0.497 e. The van der Waals surface area contributed by atoms with Crippen LogP contribution in [-0.2, 0) is 24.5 Å². The lowest BCUT2D eigenvalue weighted by Crippen LogP contribution is -2.24. The molecule has 0 saturated carbocycles. The maximum atomic E-state index is 12.0. The average Bonchev–Trinajstić information content (AvgIpc) is 3.38. The standard InChI is InChI=1S/C19H22N4O4S/c1-3-23-17(12-27-15-7-4-6-14(10-15)25-2)21-22-19(23)28-13-18(24)20-11-16-8-5-9-26-16/h4-10H,3,11-13H2,1-2H3,(H,20,24). The highest BCUT2D eigenvalue weighted by atomic mass is 32.2. The lowest BCUT2D eigenvalue weighted by molar-refractivity contribution is -0.118. The number of aromatic nitrogens is 3. The molecule has 1 N–H and O–H groups in total. The van der Waals surface area contributed by atoms with Crippen molar-refractivity contribution in [2.24, 2.45) is 0 Å². The van der Waals surface area contributed by atoms with Gasteiger partial charge in [-0.1, -0.05) is 17.8 Å². The molecule has 0 spiro atoms. The van der Waals surface area contributed by atoms with Gasteiger partial charge in [-0.05, 0) is 31.2 Å². The minimum absolute atomic E-state index is 0.0961. The van der Waals surface area contributed by atoms with E-state index < -0.39 is 0 Å². The number of hydrogen-bond donors (Lipinski definition) is 1. The Kier molecular flexibility index (Phi) is 6.96. The van der Waals surface area contributed by atoms with Crippen LogP contribution in [0, 0.1) is 0 Å². The van der Waals surface area contributed by atoms with Crippen molar-refractivity contribution in [1.82, 2.24) is 20.1 Å². The Morgan fingerprint density at radius 3 is 2.86 bits per heavy atom. The van der Waals surface area contributed by atoms with E-state index >= 15 is 0 Å². The average molecular weight is 402 g/mol. The van der Waals surface area contributed by atoms with Gasteiger partial charge in [-0.3, -0.25) is 4.79 Å². The Labute approximate surface area is 167 Å². The summed E-state index contributed by atoms with van der Waals surface area (Å²) in [6.07, 6.45) is 1.58. The number of thioether (sulfide) groups is 1. The molecule has 0 atom stereocenters. The first-order chi connectivity index (χ1) is 13.7. The van der Waals surface area contributed by atoms with Crippen molar-refractivity contribution >= 4 is 17.7 Å². The number of nitrogens with one attached hydrogen (secondary N) is 1. The topological polar surface area (TPSA) is 91.4 Å². The highest BCUT2D eigenvalue weighted by molar-refractivity contribution is 7.99. The van der Waals surface area contributed by atoms with Gasteiger partial charge in [0.25, 0.3) is 0 Å². The van der Waals surface area contributed by atoms with E-state index in [1.165, 1.54) is 11.8 Å². The zero-order valence-corrected chi connectivity index (χ0v) is 16.6. The second-order valence-electron chi connectivity index (χ2n) is 5.76. The molecular weight excluding hydrogens is 380 g/mol. The Balaban J connectivity index is 1.53. The second-order valence-corrected chi connectivity index (χ2v) is 6.70. The van der Waals surface area contributed by atoms with E-state index in [2.05, 4.69) is 15.5 Å². The summed E-state index contributed by atoms with van der Waals surface area (Å²) in [5, 5.41) is 11.9. The van der Waals surface area contributed by atoms with Gasteiger partial charge in [-0.2, -0.15) is 0 Å². The van der Waals surface area contributed by atoms with Gasteiger partial charge < -0.3 is 23.8 Å². The van der Waals surface area contributed by atoms with Gasteiger partial charge in [0.1, 0.15) is 23.9 Å². The van der Waals surface area contributed by atoms with Crippen molar-refractivity contribution in [3.63, 3.8) is 0 Å². The highest BCUT2D eigenvalue weighted by Gasteiger charge is 2.14. The Morgan fingerprint density at radius 2 is 2.11 bits per heavy atom. The van der Waals surface area contributed by atoms with Crippen LogP contribution in [0.15, 0.2) is 52.2 Å². The summed E-state index contributed by atoms with van der Waals surface area (Å²) in [5.41, 5.74) is 0. The van der Waals surface area contributed by atoms with Gasteiger partial charge >= 0.3 is 0 Å². The summed E-state index contributed by atoms with van der Waals surface area (Å²) in [6, 6.07) is 11.0. The van der Waals surface area contributed by atoms with E-state index in [1.54, 1.807) is 19.4 Å². The molecule has 28 heavy (non-hydrogen) atoms. The lowest BCUT2D eigenvalue weighted by atomic mass is 10.3. The molecule has 1 aromatic carbocycles. The largest absolute Gasteiger partial charge is 0.497 e. The first-order valence-electron chi connectivity index (χ1n) is 8.80. The highest BCUT2D eigenvalue weighted by Crippen LogP contribution is 2.21. The van der Waals surface area contributed by atoms with E-state index in [9.17, 15) is 4.79 Å². The molecule has 9 heteroatoms. The van der Waals surface area contributed by atoms with Gasteiger partial charge in [0.05, 0.1) is 25.7 Å². The number of rotatable bonds is 10. The third-order valence-electron chi connectivity index (χ3n) is 3.89. The van der Waals surface area contributed by atoms with Gasteiger partial charge in [-0.25, -0.2) is 0 Å². The normalized spacial score (nSPS) is 10.6. The van der Waals surface area contributed by atoms with Crippen LogP contribution in [0.1, 0.15) is 18.5 Å². The fourth-order valence-electron chi connectivity index (χ4n) is 2.47. The van der Waals surface area contributed by atoms with Crippen LogP contribution in [0.4, 0.5) is 0 Å². The summed E-state index contributed by atoms with van der Waals surface area (Å²) >= 11 is 1.34. The molecule has 0 fully saturated rings. The van der Waals surface area contributed by atoms with Crippen LogP contribution in [0.25, 0.3) is 0 Å². The molecule has 2 aromatic heterocycles. The van der Waals surface area contributed by atoms with Crippen LogP contribution in [0.2, 0.25) is 0 Å². The third-order valence-corrected chi connectivity index (χ3v) is 4.86. The fourth-order valence-corrected chi connectivity index (χ4v) is 3.32. The second kappa shape index (κ2) is 9.84. The van der Waals surface area contributed by atoms with Crippen molar-refractivity contribution < 1.29 is 18.7 Å². The smallest absolute Gasteiger partial charge is 0.230 e. The number of carbonyl (C=O) groups is 1. The number of methoxy groups -OCH3 is 1. The van der Waals surface area contributed by atoms with Crippen LogP contribution < -0.4 is 14.8 Å². The molecular formula is C19H22N4O4S. The van der Waals surface area contributed by atoms with Gasteiger partial charge in [0, 0.05) is 12.6 Å². The quantitative estimate of drug-likeness (QED) is 0.521. The number of amides is 1. The number of furan rings is 1. The fraction of sp³-hybridized carbons (Fsp3) is 0.316. The molecule has 3 aromatic rings. The zero-order chi connectivity index (χ0) is 19.8. The van der Waals surface area contributed by atoms with Gasteiger partial charge in [0.2, 0.25) is 5.91 Å². The maximum absolute atomic E-state index is 12.0. The van der Waals surface area contributed by atoms with Crippen LogP contribution >= 0.6 is 11.8 Å². The first kappa shape index (κ1) is 19.8. The van der Waals surface area contributed by atoms with Crippen molar-refractivity contribution in [2.75, 3.05) is 12.9 Å².